The quantitative estimate of drug-likeness (QED) is 0.748. The maximum Gasteiger partial charge on any atom is 0.339 e. The molecule has 2 heterocycles. The fourth-order valence-corrected chi connectivity index (χ4v) is 4.02. The summed E-state index contributed by atoms with van der Waals surface area (Å²) in [7, 11) is -4.02. The molecule has 2 aromatic rings. The van der Waals surface area contributed by atoms with Crippen LogP contribution in [0.1, 0.15) is 19.3 Å². The number of ether oxygens (including phenoxy) is 2. The Morgan fingerprint density at radius 3 is 2.37 bits per heavy atom. The summed E-state index contributed by atoms with van der Waals surface area (Å²) in [5.41, 5.74) is 0.734. The first kappa shape index (κ1) is 17.7. The van der Waals surface area contributed by atoms with Crippen LogP contribution in [0.3, 0.4) is 0 Å². The second kappa shape index (κ2) is 7.11. The molecule has 1 amide bonds. The lowest BCUT2D eigenvalue weighted by Crippen LogP contribution is -2.23. The predicted molar refractivity (Wildman–Crippen MR) is 97.9 cm³/mol. The van der Waals surface area contributed by atoms with Gasteiger partial charge < -0.3 is 18.6 Å². The van der Waals surface area contributed by atoms with Crippen LogP contribution in [0.5, 0.6) is 17.2 Å². The van der Waals surface area contributed by atoms with Crippen molar-refractivity contribution in [3.63, 3.8) is 0 Å². The normalized spacial score (nSPS) is 16.9. The van der Waals surface area contributed by atoms with Gasteiger partial charge in [0.05, 0.1) is 13.2 Å². The lowest BCUT2D eigenvalue weighted by Gasteiger charge is -2.16. The Morgan fingerprint density at radius 2 is 1.67 bits per heavy atom. The van der Waals surface area contributed by atoms with Gasteiger partial charge in [-0.25, -0.2) is 0 Å². The molecule has 1 fully saturated rings. The van der Waals surface area contributed by atoms with E-state index in [1.165, 1.54) is 12.1 Å². The molecule has 8 heteroatoms. The van der Waals surface area contributed by atoms with Crippen molar-refractivity contribution in [1.82, 2.24) is 0 Å². The summed E-state index contributed by atoms with van der Waals surface area (Å²) in [6.07, 6.45) is 2.10. The Bertz CT molecular complexity index is 955. The second-order valence-corrected chi connectivity index (χ2v) is 7.89. The van der Waals surface area contributed by atoms with Crippen molar-refractivity contribution in [1.29, 1.82) is 0 Å². The summed E-state index contributed by atoms with van der Waals surface area (Å²) < 4.78 is 41.4. The van der Waals surface area contributed by atoms with E-state index in [4.69, 9.17) is 13.7 Å². The van der Waals surface area contributed by atoms with E-state index in [9.17, 15) is 13.2 Å². The van der Waals surface area contributed by atoms with Crippen LogP contribution in [-0.4, -0.2) is 34.1 Å². The second-order valence-electron chi connectivity index (χ2n) is 6.34. The number of rotatable bonds is 4. The van der Waals surface area contributed by atoms with Crippen LogP contribution in [0.2, 0.25) is 0 Å². The molecule has 0 bridgehead atoms. The van der Waals surface area contributed by atoms with Crippen molar-refractivity contribution in [2.45, 2.75) is 24.2 Å². The minimum Gasteiger partial charge on any atom is -0.490 e. The average molecular weight is 389 g/mol. The van der Waals surface area contributed by atoms with Gasteiger partial charge in [-0.05, 0) is 42.8 Å². The highest BCUT2D eigenvalue weighted by Gasteiger charge is 2.23. The maximum absolute atomic E-state index is 12.6. The highest BCUT2D eigenvalue weighted by Crippen LogP contribution is 2.33. The van der Waals surface area contributed by atoms with Crippen molar-refractivity contribution in [3.8, 4) is 17.2 Å². The van der Waals surface area contributed by atoms with Crippen LogP contribution in [0.25, 0.3) is 0 Å². The smallest absolute Gasteiger partial charge is 0.339 e. The van der Waals surface area contributed by atoms with E-state index >= 15 is 0 Å². The van der Waals surface area contributed by atoms with Crippen LogP contribution < -0.4 is 18.6 Å². The number of nitrogens with zero attached hydrogens (tertiary/aromatic N) is 1. The fourth-order valence-electron chi connectivity index (χ4n) is 3.08. The molecule has 0 N–H and O–H groups in total. The van der Waals surface area contributed by atoms with Crippen LogP contribution in [0.15, 0.2) is 47.4 Å². The number of carbonyl (C=O) groups excluding carboxylic acids is 1. The number of hydrogen-bond acceptors (Lipinski definition) is 6. The molecule has 2 aliphatic rings. The number of fused-ring (bicyclic) bond motifs is 1. The van der Waals surface area contributed by atoms with E-state index in [0.29, 0.717) is 37.7 Å². The molecule has 0 atom stereocenters. The molecule has 142 valence electrons. The lowest BCUT2D eigenvalue weighted by molar-refractivity contribution is -0.117. The summed E-state index contributed by atoms with van der Waals surface area (Å²) in [6, 6.07) is 10.9. The zero-order chi connectivity index (χ0) is 18.9. The minimum absolute atomic E-state index is 0.00875. The van der Waals surface area contributed by atoms with Crippen molar-refractivity contribution in [3.05, 3.63) is 42.5 Å². The van der Waals surface area contributed by atoms with Gasteiger partial charge in [0.25, 0.3) is 0 Å². The molecule has 1 saturated heterocycles. The third-order valence-corrected chi connectivity index (χ3v) is 5.68. The van der Waals surface area contributed by atoms with E-state index in [0.717, 1.165) is 18.5 Å². The zero-order valence-electron chi connectivity index (χ0n) is 14.6. The Morgan fingerprint density at radius 1 is 0.926 bits per heavy atom. The van der Waals surface area contributed by atoms with Crippen molar-refractivity contribution in [2.75, 3.05) is 24.7 Å². The van der Waals surface area contributed by atoms with Gasteiger partial charge >= 0.3 is 10.1 Å². The molecule has 0 unspecified atom stereocenters. The fraction of sp³-hybridized carbons (Fsp3) is 0.316. The molecule has 0 spiro atoms. The molecule has 7 nitrogen and oxygen atoms in total. The van der Waals surface area contributed by atoms with E-state index < -0.39 is 10.1 Å². The van der Waals surface area contributed by atoms with E-state index in [-0.39, 0.29) is 16.6 Å². The van der Waals surface area contributed by atoms with Crippen LogP contribution in [-0.2, 0) is 14.9 Å². The molecule has 2 aromatic carbocycles. The Balaban J connectivity index is 1.53. The third kappa shape index (κ3) is 3.71. The summed E-state index contributed by atoms with van der Waals surface area (Å²) in [6.45, 7) is 1.67. The van der Waals surface area contributed by atoms with Gasteiger partial charge in [0, 0.05) is 31.1 Å². The average Bonchev–Trinajstić information content (AvgIpc) is 2.94. The minimum atomic E-state index is -4.02. The SMILES string of the molecule is O=C1CCCN1c1ccc(OS(=O)(=O)c2ccc3c(c2)OCCCO3)cc1. The van der Waals surface area contributed by atoms with Gasteiger partial charge in [0.1, 0.15) is 10.6 Å². The van der Waals surface area contributed by atoms with Gasteiger partial charge in [0.15, 0.2) is 11.5 Å². The first-order valence-corrected chi connectivity index (χ1v) is 10.2. The first-order chi connectivity index (χ1) is 13.0. The van der Waals surface area contributed by atoms with Crippen molar-refractivity contribution < 1.29 is 26.9 Å². The summed E-state index contributed by atoms with van der Waals surface area (Å²) in [4.78, 5) is 13.5. The molecular weight excluding hydrogens is 370 g/mol. The monoisotopic (exact) mass is 389 g/mol. The molecule has 2 aliphatic heterocycles. The van der Waals surface area contributed by atoms with Gasteiger partial charge in [-0.3, -0.25) is 4.79 Å². The van der Waals surface area contributed by atoms with Crippen LogP contribution >= 0.6 is 0 Å². The first-order valence-electron chi connectivity index (χ1n) is 8.77. The van der Waals surface area contributed by atoms with Gasteiger partial charge in [-0.2, -0.15) is 8.42 Å². The summed E-state index contributed by atoms with van der Waals surface area (Å²) >= 11 is 0. The molecule has 27 heavy (non-hydrogen) atoms. The zero-order valence-corrected chi connectivity index (χ0v) is 15.4. The number of carbonyl (C=O) groups is 1. The largest absolute Gasteiger partial charge is 0.490 e. The van der Waals surface area contributed by atoms with Crippen LogP contribution in [0.4, 0.5) is 5.69 Å². The number of amides is 1. The van der Waals surface area contributed by atoms with Crippen molar-refractivity contribution in [2.24, 2.45) is 0 Å². The summed E-state index contributed by atoms with van der Waals surface area (Å²) in [5, 5.41) is 0. The Labute approximate surface area is 157 Å². The maximum atomic E-state index is 12.6. The highest BCUT2D eigenvalue weighted by molar-refractivity contribution is 7.87. The molecule has 0 aromatic heterocycles. The van der Waals surface area contributed by atoms with E-state index in [1.807, 2.05) is 0 Å². The van der Waals surface area contributed by atoms with Gasteiger partial charge in [0.2, 0.25) is 5.91 Å². The van der Waals surface area contributed by atoms with Gasteiger partial charge in [-0.1, -0.05) is 0 Å². The van der Waals surface area contributed by atoms with E-state index in [1.54, 1.807) is 35.2 Å². The standard InChI is InChI=1S/C19H19NO6S/c21-19-3-1-10-20(19)14-4-6-15(7-5-14)26-27(22,23)16-8-9-17-18(13-16)25-12-2-11-24-17/h4-9,13H,1-3,10-12H2. The number of anilines is 1. The van der Waals surface area contributed by atoms with Gasteiger partial charge in [-0.15, -0.1) is 0 Å². The molecular formula is C19H19NO6S. The lowest BCUT2D eigenvalue weighted by atomic mass is 10.3. The topological polar surface area (TPSA) is 82.1 Å². The summed E-state index contributed by atoms with van der Waals surface area (Å²) in [5.74, 6) is 1.16. The molecule has 0 saturated carbocycles. The Hall–Kier alpha value is -2.74. The third-order valence-electron chi connectivity index (χ3n) is 4.44. The number of benzene rings is 2. The molecule has 0 aliphatic carbocycles. The predicted octanol–water partition coefficient (Wildman–Crippen LogP) is 2.74. The van der Waals surface area contributed by atoms with Crippen LogP contribution in [0, 0.1) is 0 Å². The van der Waals surface area contributed by atoms with E-state index in [2.05, 4.69) is 0 Å². The Kier molecular flexibility index (Phi) is 4.65. The highest BCUT2D eigenvalue weighted by atomic mass is 32.2. The number of hydrogen-bond donors (Lipinski definition) is 0. The molecule has 4 rings (SSSR count). The molecule has 0 radical (unpaired) electrons. The van der Waals surface area contributed by atoms with Crippen molar-refractivity contribution >= 4 is 21.7 Å².